The van der Waals surface area contributed by atoms with Crippen LogP contribution < -0.4 is 0 Å². The van der Waals surface area contributed by atoms with Crippen molar-refractivity contribution in [1.29, 1.82) is 0 Å². The van der Waals surface area contributed by atoms with E-state index in [1.807, 2.05) is 49.4 Å². The van der Waals surface area contributed by atoms with Crippen molar-refractivity contribution in [1.82, 2.24) is 0 Å². The Morgan fingerprint density at radius 1 is 0.429 bits per heavy atom. The van der Waals surface area contributed by atoms with Crippen LogP contribution in [0.5, 0.6) is 0 Å². The molecule has 3 saturated carbocycles. The second-order valence-corrected chi connectivity index (χ2v) is 11.0. The van der Waals surface area contributed by atoms with Gasteiger partial charge in [0.15, 0.2) is 0 Å². The fourth-order valence-corrected chi connectivity index (χ4v) is 4.59. The van der Waals surface area contributed by atoms with Crippen LogP contribution in [0.3, 0.4) is 0 Å². The van der Waals surface area contributed by atoms with Crippen molar-refractivity contribution in [3.63, 3.8) is 0 Å². The second kappa shape index (κ2) is 26.0. The molecule has 0 aliphatic heterocycles. The van der Waals surface area contributed by atoms with E-state index in [1.165, 1.54) is 69.2 Å². The molecule has 0 N–H and O–H groups in total. The van der Waals surface area contributed by atoms with Crippen molar-refractivity contribution >= 4 is 0 Å². The Labute approximate surface area is 251 Å². The van der Waals surface area contributed by atoms with E-state index >= 15 is 0 Å². The van der Waals surface area contributed by atoms with Gasteiger partial charge in [-0.2, -0.15) is 0 Å². The van der Waals surface area contributed by atoms with E-state index in [1.54, 1.807) is 24.3 Å². The molecule has 3 aliphatic rings. The van der Waals surface area contributed by atoms with Crippen molar-refractivity contribution in [2.45, 2.75) is 122 Å². The first-order valence-corrected chi connectivity index (χ1v) is 15.7. The third kappa shape index (κ3) is 24.0. The van der Waals surface area contributed by atoms with Gasteiger partial charge in [-0.15, -0.1) is 0 Å². The topological polar surface area (TPSA) is 0 Å². The monoisotopic (exact) mass is 590 g/mol. The smallest absolute Gasteiger partial charge is 0.123 e. The molecule has 6 rings (SSSR count). The molecule has 0 spiro atoms. The van der Waals surface area contributed by atoms with Gasteiger partial charge in [-0.25, -0.2) is 22.0 Å². The van der Waals surface area contributed by atoms with E-state index < -0.39 is 18.5 Å². The number of alkyl halides is 3. The van der Waals surface area contributed by atoms with E-state index in [0.717, 1.165) is 37.7 Å². The summed E-state index contributed by atoms with van der Waals surface area (Å²) >= 11 is 0. The molecule has 3 aromatic rings. The van der Waals surface area contributed by atoms with Crippen LogP contribution in [0.15, 0.2) is 91.0 Å². The zero-order valence-electron chi connectivity index (χ0n) is 25.4. The highest BCUT2D eigenvalue weighted by atomic mass is 19.2. The van der Waals surface area contributed by atoms with E-state index in [-0.39, 0.29) is 18.1 Å². The standard InChI is InChI=1S/C7H7F.C6H10F2.C6H11F.C6H5F.C6H12.C6H6/c1-6-3-2-4-7(8)5-6;7-5-2-1-3-6(8)4-5;2*7-6-4-2-1-3-5-6;2*1-2-4-6-5-3-1/h2-5H,1H3;5-6H,1-4H2;6H,1-5H2;1-5H;1-6H2;1-6H. The molecule has 0 saturated heterocycles. The first-order chi connectivity index (χ1) is 20.4. The quantitative estimate of drug-likeness (QED) is 0.229. The molecule has 234 valence electrons. The first-order valence-electron chi connectivity index (χ1n) is 15.7. The lowest BCUT2D eigenvalue weighted by molar-refractivity contribution is 0.159. The Balaban J connectivity index is 0.000000253. The van der Waals surface area contributed by atoms with Crippen LogP contribution in [0.4, 0.5) is 22.0 Å². The molecule has 3 aliphatic carbocycles. The maximum absolute atomic E-state index is 12.2. The van der Waals surface area contributed by atoms with Gasteiger partial charge in [0, 0.05) is 6.42 Å². The zero-order chi connectivity index (χ0) is 30.7. The maximum atomic E-state index is 12.2. The van der Waals surface area contributed by atoms with Gasteiger partial charge in [0.1, 0.15) is 30.1 Å². The molecule has 42 heavy (non-hydrogen) atoms. The van der Waals surface area contributed by atoms with Gasteiger partial charge in [-0.1, -0.05) is 125 Å². The summed E-state index contributed by atoms with van der Waals surface area (Å²) in [5.41, 5.74) is 0.963. The van der Waals surface area contributed by atoms with Crippen LogP contribution in [0, 0.1) is 18.6 Å². The minimum absolute atomic E-state index is 0.139. The summed E-state index contributed by atoms with van der Waals surface area (Å²) in [7, 11) is 0. The third-order valence-corrected chi connectivity index (χ3v) is 6.96. The molecule has 0 radical (unpaired) electrons. The Bertz CT molecular complexity index is 893. The van der Waals surface area contributed by atoms with Gasteiger partial charge in [0.05, 0.1) is 0 Å². The van der Waals surface area contributed by atoms with Crippen LogP contribution in [0.2, 0.25) is 0 Å². The number of aryl methyl sites for hydroxylation is 1. The summed E-state index contributed by atoms with van der Waals surface area (Å²) in [6.07, 6.45) is 13.9. The minimum atomic E-state index is -0.862. The molecule has 0 nitrogen and oxygen atoms in total. The predicted octanol–water partition coefficient (Wildman–Crippen LogP) is 12.5. The Morgan fingerprint density at radius 3 is 1.07 bits per heavy atom. The van der Waals surface area contributed by atoms with Crippen molar-refractivity contribution in [3.05, 3.63) is 108 Å². The highest BCUT2D eigenvalue weighted by molar-refractivity contribution is 5.13. The predicted molar refractivity (Wildman–Crippen MR) is 168 cm³/mol. The summed E-state index contributed by atoms with van der Waals surface area (Å²) < 4.78 is 60.6. The molecule has 0 aromatic heterocycles. The normalized spacial score (nSPS) is 19.6. The van der Waals surface area contributed by atoms with E-state index in [2.05, 4.69) is 0 Å². The third-order valence-electron chi connectivity index (χ3n) is 6.96. The maximum Gasteiger partial charge on any atom is 0.123 e. The lowest BCUT2D eigenvalue weighted by Gasteiger charge is -2.17. The van der Waals surface area contributed by atoms with Gasteiger partial charge in [-0.3, -0.25) is 0 Å². The molecule has 0 heterocycles. The lowest BCUT2D eigenvalue weighted by Crippen LogP contribution is -2.16. The largest absolute Gasteiger partial charge is 0.247 e. The first kappa shape index (κ1) is 37.3. The van der Waals surface area contributed by atoms with Crippen molar-refractivity contribution in [2.75, 3.05) is 0 Å². The summed E-state index contributed by atoms with van der Waals surface area (Å²) in [4.78, 5) is 0. The average molecular weight is 591 g/mol. The van der Waals surface area contributed by atoms with Gasteiger partial charge in [0.2, 0.25) is 0 Å². The molecule has 0 bridgehead atoms. The van der Waals surface area contributed by atoms with Gasteiger partial charge in [-0.05, 0) is 68.9 Å². The number of halogens is 5. The van der Waals surface area contributed by atoms with Crippen molar-refractivity contribution in [2.24, 2.45) is 0 Å². The van der Waals surface area contributed by atoms with Gasteiger partial charge >= 0.3 is 0 Å². The summed E-state index contributed by atoms with van der Waals surface area (Å²) in [5, 5.41) is 0. The van der Waals surface area contributed by atoms with Crippen LogP contribution >= 0.6 is 0 Å². The summed E-state index contributed by atoms with van der Waals surface area (Å²) in [5.74, 6) is -0.340. The molecule has 5 heteroatoms. The van der Waals surface area contributed by atoms with Gasteiger partial charge < -0.3 is 0 Å². The molecule has 3 fully saturated rings. The zero-order valence-corrected chi connectivity index (χ0v) is 25.4. The van der Waals surface area contributed by atoms with E-state index in [0.29, 0.717) is 12.8 Å². The Morgan fingerprint density at radius 2 is 0.810 bits per heavy atom. The minimum Gasteiger partial charge on any atom is -0.247 e. The second-order valence-electron chi connectivity index (χ2n) is 11.0. The number of hydrogen-bond acceptors (Lipinski definition) is 0. The van der Waals surface area contributed by atoms with E-state index in [4.69, 9.17) is 0 Å². The molecule has 3 aromatic carbocycles. The van der Waals surface area contributed by atoms with Crippen LogP contribution in [-0.2, 0) is 0 Å². The molecule has 0 amide bonds. The SMILES string of the molecule is C1CCCCC1.Cc1cccc(F)c1.FC1CCCC(F)C1.FC1CCCCC1.Fc1ccccc1.c1ccccc1. The molecule has 2 unspecified atom stereocenters. The number of rotatable bonds is 0. The summed E-state index contributed by atoms with van der Waals surface area (Å²) in [6.45, 7) is 1.86. The van der Waals surface area contributed by atoms with Crippen molar-refractivity contribution in [3.8, 4) is 0 Å². The Hall–Kier alpha value is -2.69. The fraction of sp³-hybridized carbons (Fsp3) is 0.514. The van der Waals surface area contributed by atoms with Crippen LogP contribution in [-0.4, -0.2) is 18.5 Å². The number of benzene rings is 3. The van der Waals surface area contributed by atoms with E-state index in [9.17, 15) is 22.0 Å². The molecule has 2 atom stereocenters. The molecular formula is C37H51F5. The lowest BCUT2D eigenvalue weighted by atomic mass is 9.97. The molecular weight excluding hydrogens is 539 g/mol. The number of hydrogen-bond donors (Lipinski definition) is 0. The fourth-order valence-electron chi connectivity index (χ4n) is 4.59. The summed E-state index contributed by atoms with van der Waals surface area (Å²) in [6, 6.07) is 26.4. The highest BCUT2D eigenvalue weighted by Gasteiger charge is 2.20. The van der Waals surface area contributed by atoms with Crippen LogP contribution in [0.25, 0.3) is 0 Å². The Kier molecular flexibility index (Phi) is 23.1. The van der Waals surface area contributed by atoms with Crippen molar-refractivity contribution < 1.29 is 22.0 Å². The van der Waals surface area contributed by atoms with Crippen LogP contribution in [0.1, 0.15) is 102 Å². The van der Waals surface area contributed by atoms with Gasteiger partial charge in [0.25, 0.3) is 0 Å². The highest BCUT2D eigenvalue weighted by Crippen LogP contribution is 2.23. The average Bonchev–Trinajstić information content (AvgIpc) is 3.01.